The first-order valence-corrected chi connectivity index (χ1v) is 7.30. The van der Waals surface area contributed by atoms with Crippen molar-refractivity contribution >= 4 is 21.7 Å². The summed E-state index contributed by atoms with van der Waals surface area (Å²) in [4.78, 5) is 6.78. The third kappa shape index (κ3) is 3.21. The second kappa shape index (κ2) is 5.85. The molecule has 0 aromatic carbocycles. The quantitative estimate of drug-likeness (QED) is 0.832. The van der Waals surface area contributed by atoms with Gasteiger partial charge in [-0.2, -0.15) is 0 Å². The standard InChI is InChI=1S/C14H21BrN2/c1-11-8-9-16-14(13(11)15)17(2)10-12-6-4-3-5-7-12/h8-9,12H,3-7,10H2,1-2H3. The summed E-state index contributed by atoms with van der Waals surface area (Å²) in [6.07, 6.45) is 8.89. The van der Waals surface area contributed by atoms with Gasteiger partial charge >= 0.3 is 0 Å². The van der Waals surface area contributed by atoms with Crippen molar-refractivity contribution in [2.75, 3.05) is 18.5 Å². The monoisotopic (exact) mass is 296 g/mol. The Morgan fingerprint density at radius 3 is 2.76 bits per heavy atom. The molecule has 1 aromatic heterocycles. The van der Waals surface area contributed by atoms with Gasteiger partial charge in [-0.25, -0.2) is 4.98 Å². The third-order valence-electron chi connectivity index (χ3n) is 3.68. The van der Waals surface area contributed by atoms with Crippen molar-refractivity contribution < 1.29 is 0 Å². The lowest BCUT2D eigenvalue weighted by molar-refractivity contribution is 0.361. The Balaban J connectivity index is 2.03. The van der Waals surface area contributed by atoms with Crippen LogP contribution in [0.5, 0.6) is 0 Å². The number of rotatable bonds is 3. The summed E-state index contributed by atoms with van der Waals surface area (Å²) in [5.74, 6) is 1.93. The lowest BCUT2D eigenvalue weighted by Crippen LogP contribution is -2.27. The van der Waals surface area contributed by atoms with Crippen LogP contribution < -0.4 is 4.90 Å². The first kappa shape index (κ1) is 12.9. The molecule has 0 saturated heterocycles. The van der Waals surface area contributed by atoms with Gasteiger partial charge in [0, 0.05) is 19.8 Å². The number of hydrogen-bond acceptors (Lipinski definition) is 2. The molecule has 0 bridgehead atoms. The molecule has 1 saturated carbocycles. The number of aryl methyl sites for hydroxylation is 1. The summed E-state index contributed by atoms with van der Waals surface area (Å²) in [7, 11) is 2.15. The summed E-state index contributed by atoms with van der Waals surface area (Å²) in [6, 6.07) is 2.04. The van der Waals surface area contributed by atoms with Crippen LogP contribution in [0.3, 0.4) is 0 Å². The van der Waals surface area contributed by atoms with Gasteiger partial charge in [0.15, 0.2) is 0 Å². The molecule has 0 aliphatic heterocycles. The first-order valence-electron chi connectivity index (χ1n) is 6.50. The van der Waals surface area contributed by atoms with Crippen molar-refractivity contribution in [3.05, 3.63) is 22.3 Å². The van der Waals surface area contributed by atoms with Crippen LogP contribution in [0.1, 0.15) is 37.7 Å². The average Bonchev–Trinajstić information content (AvgIpc) is 2.34. The van der Waals surface area contributed by atoms with Crippen molar-refractivity contribution in [3.8, 4) is 0 Å². The smallest absolute Gasteiger partial charge is 0.142 e. The minimum absolute atomic E-state index is 0.850. The SMILES string of the molecule is Cc1ccnc(N(C)CC2CCCCC2)c1Br. The highest BCUT2D eigenvalue weighted by Crippen LogP contribution is 2.29. The highest BCUT2D eigenvalue weighted by atomic mass is 79.9. The van der Waals surface area contributed by atoms with E-state index < -0.39 is 0 Å². The van der Waals surface area contributed by atoms with Crippen molar-refractivity contribution in [2.24, 2.45) is 5.92 Å². The van der Waals surface area contributed by atoms with Crippen LogP contribution in [-0.2, 0) is 0 Å². The number of anilines is 1. The topological polar surface area (TPSA) is 16.1 Å². The maximum atomic E-state index is 4.48. The molecular weight excluding hydrogens is 276 g/mol. The predicted molar refractivity (Wildman–Crippen MR) is 76.5 cm³/mol. The molecule has 0 amide bonds. The molecule has 94 valence electrons. The summed E-state index contributed by atoms with van der Waals surface area (Å²) < 4.78 is 1.14. The fourth-order valence-corrected chi connectivity index (χ4v) is 3.17. The Bertz CT molecular complexity index is 372. The second-order valence-corrected chi connectivity index (χ2v) is 5.94. The average molecular weight is 297 g/mol. The van der Waals surface area contributed by atoms with Crippen molar-refractivity contribution in [3.63, 3.8) is 0 Å². The van der Waals surface area contributed by atoms with Crippen LogP contribution in [0.25, 0.3) is 0 Å². The molecule has 0 radical (unpaired) electrons. The number of hydrogen-bond donors (Lipinski definition) is 0. The normalized spacial score (nSPS) is 17.1. The number of pyridine rings is 1. The van der Waals surface area contributed by atoms with Crippen LogP contribution in [0, 0.1) is 12.8 Å². The van der Waals surface area contributed by atoms with E-state index in [-0.39, 0.29) is 0 Å². The van der Waals surface area contributed by atoms with E-state index in [1.165, 1.54) is 37.7 Å². The van der Waals surface area contributed by atoms with E-state index in [1.807, 2.05) is 12.3 Å². The molecule has 0 unspecified atom stereocenters. The van der Waals surface area contributed by atoms with E-state index in [9.17, 15) is 0 Å². The zero-order valence-electron chi connectivity index (χ0n) is 10.7. The Hall–Kier alpha value is -0.570. The van der Waals surface area contributed by atoms with Crippen LogP contribution in [0.15, 0.2) is 16.7 Å². The summed E-state index contributed by atoms with van der Waals surface area (Å²) in [5, 5.41) is 0. The molecule has 2 rings (SSSR count). The molecule has 1 heterocycles. The molecular formula is C14H21BrN2. The molecule has 17 heavy (non-hydrogen) atoms. The Morgan fingerprint density at radius 1 is 1.35 bits per heavy atom. The molecule has 0 N–H and O–H groups in total. The van der Waals surface area contributed by atoms with Crippen molar-refractivity contribution in [1.82, 2.24) is 4.98 Å². The van der Waals surface area contributed by atoms with Gasteiger partial charge in [0.2, 0.25) is 0 Å². The van der Waals surface area contributed by atoms with Gasteiger partial charge in [0.25, 0.3) is 0 Å². The Kier molecular flexibility index (Phi) is 4.43. The highest BCUT2D eigenvalue weighted by molar-refractivity contribution is 9.10. The van der Waals surface area contributed by atoms with Gasteiger partial charge in [-0.3, -0.25) is 0 Å². The van der Waals surface area contributed by atoms with Gasteiger partial charge in [-0.05, 0) is 53.2 Å². The van der Waals surface area contributed by atoms with E-state index in [2.05, 4.69) is 39.8 Å². The second-order valence-electron chi connectivity index (χ2n) is 5.15. The number of aromatic nitrogens is 1. The number of halogens is 1. The molecule has 2 nitrogen and oxygen atoms in total. The van der Waals surface area contributed by atoms with Crippen molar-refractivity contribution in [2.45, 2.75) is 39.0 Å². The largest absolute Gasteiger partial charge is 0.358 e. The highest BCUT2D eigenvalue weighted by Gasteiger charge is 2.17. The number of nitrogens with zero attached hydrogens (tertiary/aromatic N) is 2. The summed E-state index contributed by atoms with van der Waals surface area (Å²) >= 11 is 3.64. The van der Waals surface area contributed by atoms with Gasteiger partial charge in [-0.1, -0.05) is 19.3 Å². The molecule has 0 atom stereocenters. The lowest BCUT2D eigenvalue weighted by Gasteiger charge is -2.28. The summed E-state index contributed by atoms with van der Waals surface area (Å²) in [5.41, 5.74) is 1.26. The molecule has 1 aliphatic carbocycles. The predicted octanol–water partition coefficient (Wildman–Crippen LogP) is 4.17. The lowest BCUT2D eigenvalue weighted by atomic mass is 9.89. The minimum Gasteiger partial charge on any atom is -0.358 e. The van der Waals surface area contributed by atoms with Gasteiger partial charge < -0.3 is 4.90 Å². The Morgan fingerprint density at radius 2 is 2.06 bits per heavy atom. The van der Waals surface area contributed by atoms with Crippen LogP contribution in [0.4, 0.5) is 5.82 Å². The van der Waals surface area contributed by atoms with Crippen LogP contribution in [0.2, 0.25) is 0 Å². The fraction of sp³-hybridized carbons (Fsp3) is 0.643. The van der Waals surface area contributed by atoms with E-state index >= 15 is 0 Å². The fourth-order valence-electron chi connectivity index (χ4n) is 2.64. The molecule has 0 spiro atoms. The Labute approximate surface area is 113 Å². The maximum absolute atomic E-state index is 4.48. The van der Waals surface area contributed by atoms with E-state index in [1.54, 1.807) is 0 Å². The van der Waals surface area contributed by atoms with Gasteiger partial charge in [0.1, 0.15) is 5.82 Å². The van der Waals surface area contributed by atoms with Crippen LogP contribution >= 0.6 is 15.9 Å². The third-order valence-corrected chi connectivity index (χ3v) is 4.66. The van der Waals surface area contributed by atoms with E-state index in [0.29, 0.717) is 0 Å². The zero-order valence-corrected chi connectivity index (χ0v) is 12.3. The molecule has 1 fully saturated rings. The van der Waals surface area contributed by atoms with E-state index in [0.717, 1.165) is 22.8 Å². The molecule has 3 heteroatoms. The molecule has 1 aliphatic rings. The van der Waals surface area contributed by atoms with E-state index in [4.69, 9.17) is 0 Å². The van der Waals surface area contributed by atoms with Gasteiger partial charge in [0.05, 0.1) is 4.47 Å². The maximum Gasteiger partial charge on any atom is 0.142 e. The zero-order chi connectivity index (χ0) is 12.3. The minimum atomic E-state index is 0.850. The molecule has 1 aromatic rings. The van der Waals surface area contributed by atoms with Crippen molar-refractivity contribution in [1.29, 1.82) is 0 Å². The summed E-state index contributed by atoms with van der Waals surface area (Å²) in [6.45, 7) is 3.25. The first-order chi connectivity index (χ1) is 8.18. The van der Waals surface area contributed by atoms with Crippen LogP contribution in [-0.4, -0.2) is 18.6 Å². The van der Waals surface area contributed by atoms with Gasteiger partial charge in [-0.15, -0.1) is 0 Å².